The lowest BCUT2D eigenvalue weighted by atomic mass is 10.1. The van der Waals surface area contributed by atoms with E-state index in [0.717, 1.165) is 41.7 Å². The largest absolute Gasteiger partial charge is 0.359 e. The molecule has 1 saturated heterocycles. The van der Waals surface area contributed by atoms with Crippen LogP contribution in [0.4, 0.5) is 0 Å². The van der Waals surface area contributed by atoms with Gasteiger partial charge in [-0.2, -0.15) is 11.3 Å². The summed E-state index contributed by atoms with van der Waals surface area (Å²) in [6.45, 7) is 3.95. The molecule has 3 aromatic rings. The zero-order chi connectivity index (χ0) is 14.9. The van der Waals surface area contributed by atoms with Crippen molar-refractivity contribution >= 4 is 22.7 Å². The summed E-state index contributed by atoms with van der Waals surface area (Å²) in [4.78, 5) is 7.24. The van der Waals surface area contributed by atoms with Gasteiger partial charge >= 0.3 is 0 Å². The van der Waals surface area contributed by atoms with Crippen molar-refractivity contribution in [3.8, 4) is 10.6 Å². The second-order valence-corrected chi connectivity index (χ2v) is 7.29. The van der Waals surface area contributed by atoms with Gasteiger partial charge < -0.3 is 4.52 Å². The van der Waals surface area contributed by atoms with Crippen molar-refractivity contribution in [2.45, 2.75) is 32.4 Å². The summed E-state index contributed by atoms with van der Waals surface area (Å²) in [5.74, 6) is 0.989. The number of thiazole rings is 1. The van der Waals surface area contributed by atoms with Gasteiger partial charge in [0, 0.05) is 28.9 Å². The van der Waals surface area contributed by atoms with Crippen molar-refractivity contribution in [3.63, 3.8) is 0 Å². The predicted molar refractivity (Wildman–Crippen MR) is 89.1 cm³/mol. The van der Waals surface area contributed by atoms with Crippen LogP contribution in [0.25, 0.3) is 10.6 Å². The first-order valence-corrected chi connectivity index (χ1v) is 9.26. The highest BCUT2D eigenvalue weighted by molar-refractivity contribution is 7.14. The Labute approximate surface area is 137 Å². The van der Waals surface area contributed by atoms with Crippen molar-refractivity contribution in [1.29, 1.82) is 0 Å². The number of aryl methyl sites for hydroxylation is 1. The molecule has 1 fully saturated rings. The Bertz CT molecular complexity index is 747. The van der Waals surface area contributed by atoms with E-state index in [1.54, 1.807) is 22.7 Å². The highest BCUT2D eigenvalue weighted by Crippen LogP contribution is 2.34. The van der Waals surface area contributed by atoms with Crippen molar-refractivity contribution in [2.24, 2.45) is 0 Å². The van der Waals surface area contributed by atoms with E-state index in [0.29, 0.717) is 6.04 Å². The molecule has 0 aliphatic carbocycles. The summed E-state index contributed by atoms with van der Waals surface area (Å²) in [5.41, 5.74) is 3.33. The third kappa shape index (κ3) is 2.74. The van der Waals surface area contributed by atoms with Crippen molar-refractivity contribution in [3.05, 3.63) is 45.4 Å². The van der Waals surface area contributed by atoms with Crippen LogP contribution in [0.5, 0.6) is 0 Å². The fourth-order valence-corrected chi connectivity index (χ4v) is 4.51. The van der Waals surface area contributed by atoms with Gasteiger partial charge in [0.2, 0.25) is 0 Å². The van der Waals surface area contributed by atoms with E-state index in [1.807, 2.05) is 6.92 Å². The maximum Gasteiger partial charge on any atom is 0.154 e. The Kier molecular flexibility index (Phi) is 3.82. The van der Waals surface area contributed by atoms with Gasteiger partial charge in [-0.05, 0) is 37.8 Å². The van der Waals surface area contributed by atoms with Crippen LogP contribution in [0.3, 0.4) is 0 Å². The van der Waals surface area contributed by atoms with Crippen molar-refractivity contribution in [1.82, 2.24) is 15.0 Å². The molecule has 0 saturated carbocycles. The SMILES string of the molecule is Cc1cc([C@H]2CCCN2Cc2csc(-c3ccsc3)n2)on1. The van der Waals surface area contributed by atoms with E-state index in [4.69, 9.17) is 9.51 Å². The summed E-state index contributed by atoms with van der Waals surface area (Å²) in [6, 6.07) is 4.52. The van der Waals surface area contributed by atoms with Gasteiger partial charge in [0.05, 0.1) is 17.4 Å². The van der Waals surface area contributed by atoms with E-state index >= 15 is 0 Å². The summed E-state index contributed by atoms with van der Waals surface area (Å²) in [5, 5.41) is 11.6. The van der Waals surface area contributed by atoms with Crippen LogP contribution in [-0.4, -0.2) is 21.6 Å². The van der Waals surface area contributed by atoms with E-state index in [9.17, 15) is 0 Å². The van der Waals surface area contributed by atoms with Crippen LogP contribution in [0.2, 0.25) is 0 Å². The average Bonchev–Trinajstić information content (AvgIpc) is 3.26. The summed E-state index contributed by atoms with van der Waals surface area (Å²) in [6.07, 6.45) is 2.34. The number of hydrogen-bond acceptors (Lipinski definition) is 6. The lowest BCUT2D eigenvalue weighted by molar-refractivity contribution is 0.205. The number of hydrogen-bond donors (Lipinski definition) is 0. The van der Waals surface area contributed by atoms with Gasteiger partial charge in [0.25, 0.3) is 0 Å². The topological polar surface area (TPSA) is 42.2 Å². The number of rotatable bonds is 4. The molecule has 0 N–H and O–H groups in total. The zero-order valence-corrected chi connectivity index (χ0v) is 14.0. The van der Waals surface area contributed by atoms with Crippen LogP contribution >= 0.6 is 22.7 Å². The molecule has 0 bridgehead atoms. The average molecular weight is 331 g/mol. The Morgan fingerprint density at radius 3 is 3.14 bits per heavy atom. The first-order valence-electron chi connectivity index (χ1n) is 7.44. The fraction of sp³-hybridized carbons (Fsp3) is 0.375. The highest BCUT2D eigenvalue weighted by Gasteiger charge is 2.29. The quantitative estimate of drug-likeness (QED) is 0.705. The molecule has 114 valence electrons. The molecule has 4 heterocycles. The Hall–Kier alpha value is -1.50. The number of aromatic nitrogens is 2. The van der Waals surface area contributed by atoms with E-state index < -0.39 is 0 Å². The lowest BCUT2D eigenvalue weighted by Crippen LogP contribution is -2.22. The second kappa shape index (κ2) is 5.95. The maximum absolute atomic E-state index is 5.47. The maximum atomic E-state index is 5.47. The Morgan fingerprint density at radius 1 is 1.41 bits per heavy atom. The molecule has 3 aromatic heterocycles. The summed E-state index contributed by atoms with van der Waals surface area (Å²) in [7, 11) is 0. The molecule has 0 radical (unpaired) electrons. The van der Waals surface area contributed by atoms with Crippen molar-refractivity contribution in [2.75, 3.05) is 6.54 Å². The molecular weight excluding hydrogens is 314 g/mol. The standard InChI is InChI=1S/C16H17N3OS2/c1-11-7-15(20-18-11)14-3-2-5-19(14)8-13-10-22-16(17-13)12-4-6-21-9-12/h4,6-7,9-10,14H,2-3,5,8H2,1H3/t14-/m1/s1. The number of likely N-dealkylation sites (tertiary alicyclic amines) is 1. The van der Waals surface area contributed by atoms with Crippen LogP contribution in [-0.2, 0) is 6.54 Å². The van der Waals surface area contributed by atoms with Gasteiger partial charge in [-0.3, -0.25) is 4.90 Å². The van der Waals surface area contributed by atoms with Crippen molar-refractivity contribution < 1.29 is 4.52 Å². The summed E-state index contributed by atoms with van der Waals surface area (Å²) < 4.78 is 5.47. The van der Waals surface area contributed by atoms with Gasteiger partial charge in [0.15, 0.2) is 5.76 Å². The van der Waals surface area contributed by atoms with Crippen LogP contribution in [0.15, 0.2) is 32.8 Å². The molecule has 1 atom stereocenters. The van der Waals surface area contributed by atoms with Gasteiger partial charge in [-0.1, -0.05) is 5.16 Å². The van der Waals surface area contributed by atoms with Crippen LogP contribution in [0.1, 0.15) is 36.0 Å². The zero-order valence-electron chi connectivity index (χ0n) is 12.4. The normalized spacial score (nSPS) is 19.0. The molecule has 4 rings (SSSR count). The van der Waals surface area contributed by atoms with E-state index in [-0.39, 0.29) is 0 Å². The minimum atomic E-state index is 0.340. The smallest absolute Gasteiger partial charge is 0.154 e. The molecule has 0 amide bonds. The Balaban J connectivity index is 1.50. The first-order chi connectivity index (χ1) is 10.8. The Morgan fingerprint density at radius 2 is 2.36 bits per heavy atom. The molecular formula is C16H17N3OS2. The lowest BCUT2D eigenvalue weighted by Gasteiger charge is -2.21. The highest BCUT2D eigenvalue weighted by atomic mass is 32.1. The molecule has 0 spiro atoms. The van der Waals surface area contributed by atoms with Crippen LogP contribution in [0, 0.1) is 6.92 Å². The first kappa shape index (κ1) is 14.1. The third-order valence-corrected chi connectivity index (χ3v) is 5.65. The third-order valence-electron chi connectivity index (χ3n) is 4.02. The van der Waals surface area contributed by atoms with Gasteiger partial charge in [0.1, 0.15) is 5.01 Å². The molecule has 1 aliphatic heterocycles. The monoisotopic (exact) mass is 331 g/mol. The minimum absolute atomic E-state index is 0.340. The second-order valence-electron chi connectivity index (χ2n) is 5.66. The van der Waals surface area contributed by atoms with E-state index in [2.05, 4.69) is 38.3 Å². The fourth-order valence-electron chi connectivity index (χ4n) is 2.98. The molecule has 4 nitrogen and oxygen atoms in total. The number of thiophene rings is 1. The van der Waals surface area contributed by atoms with Gasteiger partial charge in [-0.15, -0.1) is 11.3 Å². The minimum Gasteiger partial charge on any atom is -0.359 e. The predicted octanol–water partition coefficient (Wildman–Crippen LogP) is 4.51. The summed E-state index contributed by atoms with van der Waals surface area (Å²) >= 11 is 3.44. The van der Waals surface area contributed by atoms with Crippen LogP contribution < -0.4 is 0 Å². The van der Waals surface area contributed by atoms with Gasteiger partial charge in [-0.25, -0.2) is 4.98 Å². The molecule has 0 unspecified atom stereocenters. The number of nitrogens with zero attached hydrogens (tertiary/aromatic N) is 3. The molecule has 0 aromatic carbocycles. The van der Waals surface area contributed by atoms with E-state index in [1.165, 1.54) is 12.0 Å². The molecule has 22 heavy (non-hydrogen) atoms. The molecule has 6 heteroatoms. The molecule has 1 aliphatic rings.